The van der Waals surface area contributed by atoms with Crippen molar-refractivity contribution < 1.29 is 33.1 Å². The first kappa shape index (κ1) is 21.3. The summed E-state index contributed by atoms with van der Waals surface area (Å²) in [4.78, 5) is 33.4. The molecule has 0 atom stereocenters. The molecule has 1 N–H and O–H groups in total. The zero-order valence-corrected chi connectivity index (χ0v) is 15.2. The van der Waals surface area contributed by atoms with Gasteiger partial charge in [-0.25, -0.2) is 14.0 Å². The number of carbonyl (C=O) groups excluding carboxylic acids is 1. The zero-order valence-electron chi connectivity index (χ0n) is 15.2. The molecule has 1 aromatic rings. The third-order valence-electron chi connectivity index (χ3n) is 3.15. The maximum absolute atomic E-state index is 14.8. The summed E-state index contributed by atoms with van der Waals surface area (Å²) in [6.45, 7) is 8.75. The number of imide groups is 1. The van der Waals surface area contributed by atoms with E-state index in [0.717, 1.165) is 0 Å². The number of nitro groups is 1. The molecule has 0 spiro atoms. The summed E-state index contributed by atoms with van der Waals surface area (Å²) in [5.74, 6) is -3.21. The minimum absolute atomic E-state index is 0.282. The van der Waals surface area contributed by atoms with E-state index < -0.39 is 51.1 Å². The maximum Gasteiger partial charge on any atom is 0.424 e. The molecule has 10 heteroatoms. The molecule has 0 aliphatic rings. The fourth-order valence-corrected chi connectivity index (χ4v) is 2.13. The lowest BCUT2D eigenvalue weighted by atomic mass is 9.85. The van der Waals surface area contributed by atoms with Crippen LogP contribution in [0.5, 0.6) is 0 Å². The number of hydrogen-bond donors (Lipinski definition) is 1. The molecule has 0 heterocycles. The van der Waals surface area contributed by atoms with Gasteiger partial charge in [0.15, 0.2) is 5.82 Å². The van der Waals surface area contributed by atoms with Crippen molar-refractivity contribution in [1.29, 1.82) is 0 Å². The summed E-state index contributed by atoms with van der Waals surface area (Å²) in [6.07, 6.45) is -3.63. The first-order valence-electron chi connectivity index (χ1n) is 7.50. The number of carbonyl (C=O) groups is 2. The van der Waals surface area contributed by atoms with E-state index >= 15 is 0 Å². The Hall–Kier alpha value is -2.78. The molecule has 1 aromatic carbocycles. The SMILES string of the molecule is CC(C)(C)OC(=O)N(C(=O)O)c1c(F)cc(C(C)(C)C)c([N+](=O)[O-])c1F. The van der Waals surface area contributed by atoms with E-state index in [9.17, 15) is 33.6 Å². The van der Waals surface area contributed by atoms with Gasteiger partial charge in [-0.1, -0.05) is 20.8 Å². The molecule has 0 saturated carbocycles. The Labute approximate surface area is 148 Å². The molecule has 0 aromatic heterocycles. The molecule has 0 fully saturated rings. The number of carboxylic acid groups (broad SMARTS) is 1. The van der Waals surface area contributed by atoms with Gasteiger partial charge in [-0.3, -0.25) is 10.1 Å². The van der Waals surface area contributed by atoms with Crippen LogP contribution in [0.3, 0.4) is 0 Å². The van der Waals surface area contributed by atoms with Crippen LogP contribution in [-0.4, -0.2) is 27.8 Å². The molecule has 144 valence electrons. The smallest absolute Gasteiger partial charge is 0.424 e. The third-order valence-corrected chi connectivity index (χ3v) is 3.15. The Kier molecular flexibility index (Phi) is 5.60. The van der Waals surface area contributed by atoms with E-state index in [4.69, 9.17) is 4.74 Å². The van der Waals surface area contributed by atoms with Crippen LogP contribution in [0.4, 0.5) is 29.7 Å². The summed E-state index contributed by atoms with van der Waals surface area (Å²) < 4.78 is 34.1. The Morgan fingerprint density at radius 2 is 1.69 bits per heavy atom. The second-order valence-electron chi connectivity index (χ2n) is 7.52. The number of nitro benzene ring substituents is 1. The molecular weight excluding hydrogens is 354 g/mol. The minimum Gasteiger partial charge on any atom is -0.464 e. The molecule has 26 heavy (non-hydrogen) atoms. The minimum atomic E-state index is -2.05. The van der Waals surface area contributed by atoms with Gasteiger partial charge < -0.3 is 9.84 Å². The van der Waals surface area contributed by atoms with Crippen LogP contribution in [0, 0.1) is 21.7 Å². The molecule has 1 rings (SSSR count). The fraction of sp³-hybridized carbons (Fsp3) is 0.500. The van der Waals surface area contributed by atoms with Crippen LogP contribution in [-0.2, 0) is 10.2 Å². The first-order valence-corrected chi connectivity index (χ1v) is 7.50. The molecule has 0 saturated heterocycles. The van der Waals surface area contributed by atoms with Gasteiger partial charge in [0.05, 0.1) is 4.92 Å². The fourth-order valence-electron chi connectivity index (χ4n) is 2.13. The topological polar surface area (TPSA) is 110 Å². The van der Waals surface area contributed by atoms with Crippen molar-refractivity contribution in [2.45, 2.75) is 52.6 Å². The van der Waals surface area contributed by atoms with Crippen LogP contribution in [0.15, 0.2) is 6.07 Å². The van der Waals surface area contributed by atoms with Crippen LogP contribution < -0.4 is 4.90 Å². The van der Waals surface area contributed by atoms with Crippen LogP contribution in [0.1, 0.15) is 47.1 Å². The van der Waals surface area contributed by atoms with E-state index in [1.807, 2.05) is 0 Å². The van der Waals surface area contributed by atoms with Gasteiger partial charge >= 0.3 is 17.9 Å². The molecule has 8 nitrogen and oxygen atoms in total. The average Bonchev–Trinajstić information content (AvgIpc) is 2.38. The molecule has 0 unspecified atom stereocenters. The normalized spacial score (nSPS) is 11.8. The van der Waals surface area contributed by atoms with E-state index in [1.165, 1.54) is 41.5 Å². The lowest BCUT2D eigenvalue weighted by Gasteiger charge is -2.26. The Morgan fingerprint density at radius 1 is 1.19 bits per heavy atom. The molecule has 0 radical (unpaired) electrons. The monoisotopic (exact) mass is 374 g/mol. The predicted molar refractivity (Wildman–Crippen MR) is 88.5 cm³/mol. The second-order valence-corrected chi connectivity index (χ2v) is 7.52. The van der Waals surface area contributed by atoms with Crippen molar-refractivity contribution in [2.75, 3.05) is 4.90 Å². The van der Waals surface area contributed by atoms with Crippen LogP contribution in [0.25, 0.3) is 0 Å². The number of anilines is 1. The summed E-state index contributed by atoms with van der Waals surface area (Å²) >= 11 is 0. The van der Waals surface area contributed by atoms with Gasteiger partial charge in [0.1, 0.15) is 11.3 Å². The lowest BCUT2D eigenvalue weighted by Crippen LogP contribution is -2.41. The number of ether oxygens (including phenoxy) is 1. The standard InChI is InChI=1S/C16H20F2N2O6/c1-15(2,3)8-7-9(17)12(10(18)11(8)20(24)25)19(13(21)22)14(23)26-16(4,5)6/h7H,1-6H3,(H,21,22). The second kappa shape index (κ2) is 6.85. The van der Waals surface area contributed by atoms with Crippen molar-refractivity contribution in [3.63, 3.8) is 0 Å². The van der Waals surface area contributed by atoms with Crippen LogP contribution >= 0.6 is 0 Å². The van der Waals surface area contributed by atoms with Crippen molar-refractivity contribution >= 4 is 23.6 Å². The molecular formula is C16H20F2N2O6. The van der Waals surface area contributed by atoms with Gasteiger partial charge in [0.2, 0.25) is 5.82 Å². The van der Waals surface area contributed by atoms with Gasteiger partial charge in [-0.05, 0) is 32.3 Å². The molecule has 0 aliphatic heterocycles. The lowest BCUT2D eigenvalue weighted by molar-refractivity contribution is -0.388. The first-order chi connectivity index (χ1) is 11.6. The van der Waals surface area contributed by atoms with Gasteiger partial charge in [-0.15, -0.1) is 0 Å². The van der Waals surface area contributed by atoms with Gasteiger partial charge in [-0.2, -0.15) is 9.29 Å². The molecule has 0 bridgehead atoms. The summed E-state index contributed by atoms with van der Waals surface area (Å²) in [6, 6.07) is 0.650. The van der Waals surface area contributed by atoms with Crippen molar-refractivity contribution in [2.24, 2.45) is 0 Å². The van der Waals surface area contributed by atoms with Crippen molar-refractivity contribution in [3.8, 4) is 0 Å². The summed E-state index contributed by atoms with van der Waals surface area (Å²) in [7, 11) is 0. The average molecular weight is 374 g/mol. The number of halogens is 2. The Bertz CT molecular complexity index is 765. The summed E-state index contributed by atoms with van der Waals surface area (Å²) in [5.41, 5.74) is -4.94. The summed E-state index contributed by atoms with van der Waals surface area (Å²) in [5, 5.41) is 20.5. The van der Waals surface area contributed by atoms with E-state index in [-0.39, 0.29) is 10.5 Å². The zero-order chi connectivity index (χ0) is 20.6. The Morgan fingerprint density at radius 3 is 2.04 bits per heavy atom. The Balaban J connectivity index is 3.75. The number of nitrogens with zero attached hydrogens (tertiary/aromatic N) is 2. The quantitative estimate of drug-likeness (QED) is 0.599. The molecule has 2 amide bonds. The number of rotatable bonds is 2. The number of amides is 2. The van der Waals surface area contributed by atoms with E-state index in [1.54, 1.807) is 0 Å². The van der Waals surface area contributed by atoms with Gasteiger partial charge in [0.25, 0.3) is 0 Å². The largest absolute Gasteiger partial charge is 0.464 e. The van der Waals surface area contributed by atoms with Crippen molar-refractivity contribution in [3.05, 3.63) is 33.4 Å². The van der Waals surface area contributed by atoms with Gasteiger partial charge in [0, 0.05) is 5.56 Å². The highest BCUT2D eigenvalue weighted by molar-refractivity contribution is 6.09. The maximum atomic E-state index is 14.8. The van der Waals surface area contributed by atoms with E-state index in [0.29, 0.717) is 6.07 Å². The van der Waals surface area contributed by atoms with Crippen molar-refractivity contribution in [1.82, 2.24) is 0 Å². The van der Waals surface area contributed by atoms with Crippen LogP contribution in [0.2, 0.25) is 0 Å². The number of hydrogen-bond acceptors (Lipinski definition) is 5. The molecule has 0 aliphatic carbocycles. The highest BCUT2D eigenvalue weighted by Gasteiger charge is 2.39. The highest BCUT2D eigenvalue weighted by Crippen LogP contribution is 2.39. The highest BCUT2D eigenvalue weighted by atomic mass is 19.1. The predicted octanol–water partition coefficient (Wildman–Crippen LogP) is 4.59. The number of benzene rings is 1. The van der Waals surface area contributed by atoms with E-state index in [2.05, 4.69) is 0 Å². The third kappa shape index (κ3) is 4.44.